The summed E-state index contributed by atoms with van der Waals surface area (Å²) in [6.45, 7) is 8.38. The summed E-state index contributed by atoms with van der Waals surface area (Å²) in [6, 6.07) is 0.535. The predicted molar refractivity (Wildman–Crippen MR) is 71.1 cm³/mol. The summed E-state index contributed by atoms with van der Waals surface area (Å²) in [6.07, 6.45) is 3.74. The van der Waals surface area contributed by atoms with Gasteiger partial charge in [-0.3, -0.25) is 9.69 Å². The van der Waals surface area contributed by atoms with Gasteiger partial charge in [-0.05, 0) is 40.3 Å². The Morgan fingerprint density at radius 1 is 1.35 bits per heavy atom. The van der Waals surface area contributed by atoms with Gasteiger partial charge in [-0.1, -0.05) is 6.42 Å². The molecule has 0 aromatic carbocycles. The zero-order chi connectivity index (χ0) is 12.7. The zero-order valence-electron chi connectivity index (χ0n) is 11.5. The van der Waals surface area contributed by atoms with Crippen molar-refractivity contribution in [3.63, 3.8) is 0 Å². The summed E-state index contributed by atoms with van der Waals surface area (Å²) < 4.78 is 0. The molecule has 0 radical (unpaired) electrons. The smallest absolute Gasteiger partial charge is 0.236 e. The zero-order valence-corrected chi connectivity index (χ0v) is 11.5. The lowest BCUT2D eigenvalue weighted by Gasteiger charge is -2.36. The SMILES string of the molecule is CCN(CC)C(=O)CN1CCCCC1CNC. The van der Waals surface area contributed by atoms with E-state index >= 15 is 0 Å². The van der Waals surface area contributed by atoms with E-state index in [0.717, 1.165) is 26.2 Å². The Balaban J connectivity index is 2.49. The molecule has 1 unspecified atom stereocenters. The van der Waals surface area contributed by atoms with Crippen molar-refractivity contribution in [1.82, 2.24) is 15.1 Å². The third-order valence-electron chi connectivity index (χ3n) is 3.64. The van der Waals surface area contributed by atoms with Crippen LogP contribution in [0.1, 0.15) is 33.1 Å². The van der Waals surface area contributed by atoms with Crippen LogP contribution in [-0.2, 0) is 4.79 Å². The number of nitrogens with zero attached hydrogens (tertiary/aromatic N) is 2. The lowest BCUT2D eigenvalue weighted by atomic mass is 10.0. The number of nitrogens with one attached hydrogen (secondary N) is 1. The van der Waals surface area contributed by atoms with Crippen LogP contribution >= 0.6 is 0 Å². The minimum absolute atomic E-state index is 0.276. The summed E-state index contributed by atoms with van der Waals surface area (Å²) in [5.74, 6) is 0.276. The first-order chi connectivity index (χ1) is 8.22. The van der Waals surface area contributed by atoms with Crippen molar-refractivity contribution in [2.75, 3.05) is 39.8 Å². The van der Waals surface area contributed by atoms with Crippen molar-refractivity contribution in [2.24, 2.45) is 0 Å². The van der Waals surface area contributed by atoms with E-state index < -0.39 is 0 Å². The van der Waals surface area contributed by atoms with E-state index in [-0.39, 0.29) is 5.91 Å². The first kappa shape index (κ1) is 14.5. The van der Waals surface area contributed by atoms with Gasteiger partial charge in [0.15, 0.2) is 0 Å². The van der Waals surface area contributed by atoms with Crippen LogP contribution in [-0.4, -0.2) is 61.5 Å². The molecule has 1 amide bonds. The van der Waals surface area contributed by atoms with Crippen molar-refractivity contribution in [3.8, 4) is 0 Å². The molecule has 1 heterocycles. The van der Waals surface area contributed by atoms with Crippen molar-refractivity contribution >= 4 is 5.91 Å². The highest BCUT2D eigenvalue weighted by Crippen LogP contribution is 2.16. The summed E-state index contributed by atoms with van der Waals surface area (Å²) >= 11 is 0. The van der Waals surface area contributed by atoms with Crippen LogP contribution in [0.15, 0.2) is 0 Å². The highest BCUT2D eigenvalue weighted by Gasteiger charge is 2.24. The number of rotatable bonds is 6. The molecule has 0 bridgehead atoms. The lowest BCUT2D eigenvalue weighted by molar-refractivity contribution is -0.133. The fourth-order valence-electron chi connectivity index (χ4n) is 2.58. The Morgan fingerprint density at radius 2 is 2.06 bits per heavy atom. The largest absolute Gasteiger partial charge is 0.342 e. The first-order valence-electron chi connectivity index (χ1n) is 6.89. The molecule has 4 nitrogen and oxygen atoms in total. The Bertz CT molecular complexity index is 227. The topological polar surface area (TPSA) is 35.6 Å². The van der Waals surface area contributed by atoms with Crippen LogP contribution in [0.2, 0.25) is 0 Å². The molecule has 0 saturated carbocycles. The normalized spacial score (nSPS) is 21.5. The molecule has 4 heteroatoms. The number of likely N-dealkylation sites (N-methyl/N-ethyl adjacent to an activating group) is 2. The fraction of sp³-hybridized carbons (Fsp3) is 0.923. The van der Waals surface area contributed by atoms with E-state index in [1.165, 1.54) is 19.3 Å². The van der Waals surface area contributed by atoms with E-state index in [0.29, 0.717) is 12.6 Å². The molecule has 1 aliphatic heterocycles. The van der Waals surface area contributed by atoms with E-state index in [1.54, 1.807) is 0 Å². The molecule has 0 aromatic rings. The Morgan fingerprint density at radius 3 is 2.65 bits per heavy atom. The average molecular weight is 241 g/mol. The van der Waals surface area contributed by atoms with E-state index in [2.05, 4.69) is 10.2 Å². The van der Waals surface area contributed by atoms with Crippen LogP contribution in [0.5, 0.6) is 0 Å². The lowest BCUT2D eigenvalue weighted by Crippen LogP contribution is -2.49. The number of hydrogen-bond acceptors (Lipinski definition) is 3. The van der Waals surface area contributed by atoms with E-state index in [9.17, 15) is 4.79 Å². The van der Waals surface area contributed by atoms with E-state index in [1.807, 2.05) is 25.8 Å². The standard InChI is InChI=1S/C13H27N3O/c1-4-15(5-2)13(17)11-16-9-7-6-8-12(16)10-14-3/h12,14H,4-11H2,1-3H3. The molecular formula is C13H27N3O. The number of likely N-dealkylation sites (tertiary alicyclic amines) is 1. The van der Waals surface area contributed by atoms with Gasteiger partial charge in [0.2, 0.25) is 5.91 Å². The third kappa shape index (κ3) is 4.28. The Hall–Kier alpha value is -0.610. The average Bonchev–Trinajstić information content (AvgIpc) is 2.33. The van der Waals surface area contributed by atoms with Crippen LogP contribution < -0.4 is 5.32 Å². The van der Waals surface area contributed by atoms with Crippen molar-refractivity contribution < 1.29 is 4.79 Å². The number of carbonyl (C=O) groups is 1. The maximum atomic E-state index is 12.1. The fourth-order valence-corrected chi connectivity index (χ4v) is 2.58. The van der Waals surface area contributed by atoms with Gasteiger partial charge in [-0.25, -0.2) is 0 Å². The molecule has 0 aromatic heterocycles. The van der Waals surface area contributed by atoms with Gasteiger partial charge in [0.1, 0.15) is 0 Å². The third-order valence-corrected chi connectivity index (χ3v) is 3.64. The number of piperidine rings is 1. The Kier molecular flexibility index (Phi) is 6.52. The predicted octanol–water partition coefficient (Wildman–Crippen LogP) is 0.929. The highest BCUT2D eigenvalue weighted by atomic mass is 16.2. The second kappa shape index (κ2) is 7.67. The maximum Gasteiger partial charge on any atom is 0.236 e. The molecule has 1 fully saturated rings. The molecule has 1 N–H and O–H groups in total. The molecule has 1 saturated heterocycles. The van der Waals surface area contributed by atoms with Gasteiger partial charge in [0.25, 0.3) is 0 Å². The monoisotopic (exact) mass is 241 g/mol. The quantitative estimate of drug-likeness (QED) is 0.751. The Labute approximate surface area is 105 Å². The summed E-state index contributed by atoms with van der Waals surface area (Å²) in [7, 11) is 1.99. The molecule has 1 aliphatic rings. The second-order valence-electron chi connectivity index (χ2n) is 4.74. The second-order valence-corrected chi connectivity index (χ2v) is 4.74. The number of hydrogen-bond donors (Lipinski definition) is 1. The van der Waals surface area contributed by atoms with Gasteiger partial charge in [0.05, 0.1) is 6.54 Å². The number of amides is 1. The van der Waals surface area contributed by atoms with Crippen LogP contribution in [0, 0.1) is 0 Å². The summed E-state index contributed by atoms with van der Waals surface area (Å²) in [5.41, 5.74) is 0. The van der Waals surface area contributed by atoms with Gasteiger partial charge >= 0.3 is 0 Å². The molecular weight excluding hydrogens is 214 g/mol. The van der Waals surface area contributed by atoms with Gasteiger partial charge in [-0.15, -0.1) is 0 Å². The van der Waals surface area contributed by atoms with Crippen LogP contribution in [0.4, 0.5) is 0 Å². The molecule has 1 atom stereocenters. The maximum absolute atomic E-state index is 12.1. The molecule has 0 spiro atoms. The van der Waals surface area contributed by atoms with Gasteiger partial charge < -0.3 is 10.2 Å². The van der Waals surface area contributed by atoms with Crippen LogP contribution in [0.3, 0.4) is 0 Å². The van der Waals surface area contributed by atoms with Gasteiger partial charge in [-0.2, -0.15) is 0 Å². The van der Waals surface area contributed by atoms with Crippen LogP contribution in [0.25, 0.3) is 0 Å². The highest BCUT2D eigenvalue weighted by molar-refractivity contribution is 5.78. The minimum Gasteiger partial charge on any atom is -0.342 e. The van der Waals surface area contributed by atoms with E-state index in [4.69, 9.17) is 0 Å². The summed E-state index contributed by atoms with van der Waals surface area (Å²) in [4.78, 5) is 16.4. The van der Waals surface area contributed by atoms with Crippen molar-refractivity contribution in [1.29, 1.82) is 0 Å². The molecule has 17 heavy (non-hydrogen) atoms. The van der Waals surface area contributed by atoms with Crippen molar-refractivity contribution in [3.05, 3.63) is 0 Å². The molecule has 0 aliphatic carbocycles. The van der Waals surface area contributed by atoms with Gasteiger partial charge in [0, 0.05) is 25.7 Å². The summed E-state index contributed by atoms with van der Waals surface area (Å²) in [5, 5.41) is 3.23. The first-order valence-corrected chi connectivity index (χ1v) is 6.89. The molecule has 1 rings (SSSR count). The van der Waals surface area contributed by atoms with Crippen molar-refractivity contribution in [2.45, 2.75) is 39.2 Å². The minimum atomic E-state index is 0.276. The molecule has 100 valence electrons. The number of carbonyl (C=O) groups excluding carboxylic acids is 1.